The predicted octanol–water partition coefficient (Wildman–Crippen LogP) is 1.95. The van der Waals surface area contributed by atoms with Gasteiger partial charge in [-0.1, -0.05) is 18.1 Å². The molecular formula is C18H21N3O4. The highest BCUT2D eigenvalue weighted by atomic mass is 16.5. The van der Waals surface area contributed by atoms with Crippen molar-refractivity contribution < 1.29 is 19.2 Å². The molecule has 0 unspecified atom stereocenters. The quantitative estimate of drug-likeness (QED) is 0.897. The molecule has 1 N–H and O–H groups in total. The summed E-state index contributed by atoms with van der Waals surface area (Å²) >= 11 is 0. The minimum atomic E-state index is -0.409. The van der Waals surface area contributed by atoms with Gasteiger partial charge in [-0.2, -0.15) is 0 Å². The van der Waals surface area contributed by atoms with Crippen LogP contribution in [0.3, 0.4) is 0 Å². The number of phenols is 1. The molecule has 1 fully saturated rings. The average molecular weight is 343 g/mol. The highest BCUT2D eigenvalue weighted by Gasteiger charge is 2.36. The molecule has 132 valence electrons. The molecule has 1 aliphatic rings. The highest BCUT2D eigenvalue weighted by molar-refractivity contribution is 6.00. The van der Waals surface area contributed by atoms with Gasteiger partial charge in [0, 0.05) is 37.8 Å². The van der Waals surface area contributed by atoms with E-state index in [1.165, 1.54) is 6.07 Å². The van der Waals surface area contributed by atoms with E-state index < -0.39 is 5.92 Å². The van der Waals surface area contributed by atoms with E-state index in [-0.39, 0.29) is 24.0 Å². The number of rotatable bonds is 5. The van der Waals surface area contributed by atoms with E-state index in [1.54, 1.807) is 35.0 Å². The third-order valence-corrected chi connectivity index (χ3v) is 4.35. The number of aryl methyl sites for hydroxylation is 1. The fraction of sp³-hybridized carbons (Fsp3) is 0.389. The molecule has 2 aromatic rings. The number of carbonyl (C=O) groups is 2. The minimum Gasteiger partial charge on any atom is -0.508 e. The van der Waals surface area contributed by atoms with Crippen LogP contribution in [0.1, 0.15) is 24.8 Å². The smallest absolute Gasteiger partial charge is 0.228 e. The molecule has 0 spiro atoms. The van der Waals surface area contributed by atoms with Gasteiger partial charge in [-0.05, 0) is 18.6 Å². The highest BCUT2D eigenvalue weighted by Crippen LogP contribution is 2.28. The second-order valence-electron chi connectivity index (χ2n) is 6.26. The fourth-order valence-corrected chi connectivity index (χ4v) is 3.00. The van der Waals surface area contributed by atoms with Gasteiger partial charge in [0.05, 0.1) is 18.2 Å². The molecule has 7 nitrogen and oxygen atoms in total. The topological polar surface area (TPSA) is 86.9 Å². The minimum absolute atomic E-state index is 0.0919. The normalized spacial score (nSPS) is 17.1. The van der Waals surface area contributed by atoms with Gasteiger partial charge >= 0.3 is 0 Å². The molecule has 1 aromatic carbocycles. The second-order valence-corrected chi connectivity index (χ2v) is 6.26. The molecule has 7 heteroatoms. The largest absolute Gasteiger partial charge is 0.508 e. The number of hydrogen-bond acceptors (Lipinski definition) is 5. The summed E-state index contributed by atoms with van der Waals surface area (Å²) in [5.74, 6) is 0.0836. The summed E-state index contributed by atoms with van der Waals surface area (Å²) in [6.07, 6.45) is 0.937. The number of nitrogens with zero attached hydrogens (tertiary/aromatic N) is 3. The Kier molecular flexibility index (Phi) is 4.74. The standard InChI is InChI=1S/C18H21N3O4/c1-3-13-8-16(25-19-13)11-20(2)18(24)12-7-17(23)21(10-12)14-5-4-6-15(22)9-14/h4-6,8-9,12,22H,3,7,10-11H2,1-2H3/t12-/m0/s1. The SMILES string of the molecule is CCc1cc(CN(C)C(=O)[C@H]2CC(=O)N(c3cccc(O)c3)C2)on1. The summed E-state index contributed by atoms with van der Waals surface area (Å²) in [6, 6.07) is 8.32. The Hall–Kier alpha value is -2.83. The van der Waals surface area contributed by atoms with Crippen molar-refractivity contribution in [2.24, 2.45) is 5.92 Å². The lowest BCUT2D eigenvalue weighted by molar-refractivity contribution is -0.135. The molecule has 2 amide bonds. The number of amides is 2. The van der Waals surface area contributed by atoms with Crippen LogP contribution in [0.5, 0.6) is 5.75 Å². The van der Waals surface area contributed by atoms with Gasteiger partial charge in [0.1, 0.15) is 5.75 Å². The van der Waals surface area contributed by atoms with Crippen LogP contribution in [0.15, 0.2) is 34.9 Å². The molecule has 0 bridgehead atoms. The first-order valence-corrected chi connectivity index (χ1v) is 8.26. The van der Waals surface area contributed by atoms with Crippen molar-refractivity contribution in [3.63, 3.8) is 0 Å². The number of aromatic hydroxyl groups is 1. The molecule has 1 aliphatic heterocycles. The van der Waals surface area contributed by atoms with Crippen molar-refractivity contribution in [1.29, 1.82) is 0 Å². The van der Waals surface area contributed by atoms with Crippen molar-refractivity contribution >= 4 is 17.5 Å². The summed E-state index contributed by atoms with van der Waals surface area (Å²) in [7, 11) is 1.69. The summed E-state index contributed by atoms with van der Waals surface area (Å²) in [6.45, 7) is 2.61. The second kappa shape index (κ2) is 6.96. The Morgan fingerprint density at radius 3 is 2.92 bits per heavy atom. The fourth-order valence-electron chi connectivity index (χ4n) is 3.00. The zero-order valence-corrected chi connectivity index (χ0v) is 14.3. The Balaban J connectivity index is 1.65. The van der Waals surface area contributed by atoms with Crippen LogP contribution in [0, 0.1) is 5.92 Å². The lowest BCUT2D eigenvalue weighted by Crippen LogP contribution is -2.34. The van der Waals surface area contributed by atoms with Crippen LogP contribution in [-0.2, 0) is 22.6 Å². The van der Waals surface area contributed by atoms with E-state index in [4.69, 9.17) is 4.52 Å². The third-order valence-electron chi connectivity index (χ3n) is 4.35. The lowest BCUT2D eigenvalue weighted by Gasteiger charge is -2.20. The molecule has 2 heterocycles. The molecule has 0 saturated carbocycles. The van der Waals surface area contributed by atoms with Crippen LogP contribution in [0.2, 0.25) is 0 Å². The first-order valence-electron chi connectivity index (χ1n) is 8.26. The summed E-state index contributed by atoms with van der Waals surface area (Å²) < 4.78 is 5.21. The lowest BCUT2D eigenvalue weighted by atomic mass is 10.1. The van der Waals surface area contributed by atoms with Crippen LogP contribution < -0.4 is 4.90 Å². The van der Waals surface area contributed by atoms with Gasteiger partial charge in [0.25, 0.3) is 0 Å². The molecule has 1 aromatic heterocycles. The molecule has 1 atom stereocenters. The van der Waals surface area contributed by atoms with Crippen molar-refractivity contribution in [1.82, 2.24) is 10.1 Å². The number of anilines is 1. The van der Waals surface area contributed by atoms with E-state index in [2.05, 4.69) is 5.16 Å². The van der Waals surface area contributed by atoms with E-state index in [0.717, 1.165) is 12.1 Å². The molecule has 0 aliphatic carbocycles. The van der Waals surface area contributed by atoms with Crippen molar-refractivity contribution in [2.45, 2.75) is 26.3 Å². The van der Waals surface area contributed by atoms with E-state index in [0.29, 0.717) is 24.5 Å². The zero-order valence-electron chi connectivity index (χ0n) is 14.3. The Morgan fingerprint density at radius 2 is 2.24 bits per heavy atom. The third kappa shape index (κ3) is 3.65. The maximum Gasteiger partial charge on any atom is 0.228 e. The average Bonchev–Trinajstić information content (AvgIpc) is 3.20. The van der Waals surface area contributed by atoms with Gasteiger partial charge in [0.2, 0.25) is 11.8 Å². The number of hydrogen-bond donors (Lipinski definition) is 1. The number of carbonyl (C=O) groups excluding carboxylic acids is 2. The van der Waals surface area contributed by atoms with Gasteiger partial charge in [-0.3, -0.25) is 9.59 Å². The van der Waals surface area contributed by atoms with Crippen molar-refractivity contribution in [2.75, 3.05) is 18.5 Å². The maximum atomic E-state index is 12.7. The van der Waals surface area contributed by atoms with Gasteiger partial charge in [0.15, 0.2) is 5.76 Å². The Bertz CT molecular complexity index is 786. The van der Waals surface area contributed by atoms with E-state index in [9.17, 15) is 14.7 Å². The molecule has 3 rings (SSSR count). The van der Waals surface area contributed by atoms with Gasteiger partial charge < -0.3 is 19.4 Å². The zero-order chi connectivity index (χ0) is 18.0. The predicted molar refractivity (Wildman–Crippen MR) is 90.9 cm³/mol. The Morgan fingerprint density at radius 1 is 1.44 bits per heavy atom. The van der Waals surface area contributed by atoms with Crippen molar-refractivity contribution in [3.05, 3.63) is 41.8 Å². The summed E-state index contributed by atoms with van der Waals surface area (Å²) in [5.41, 5.74) is 1.45. The molecule has 25 heavy (non-hydrogen) atoms. The van der Waals surface area contributed by atoms with Gasteiger partial charge in [-0.15, -0.1) is 0 Å². The summed E-state index contributed by atoms with van der Waals surface area (Å²) in [4.78, 5) is 28.0. The first kappa shape index (κ1) is 17.0. The van der Waals surface area contributed by atoms with Gasteiger partial charge in [-0.25, -0.2) is 0 Å². The van der Waals surface area contributed by atoms with Crippen molar-refractivity contribution in [3.8, 4) is 5.75 Å². The van der Waals surface area contributed by atoms with E-state index in [1.807, 2.05) is 13.0 Å². The Labute approximate surface area is 145 Å². The maximum absolute atomic E-state index is 12.7. The first-order chi connectivity index (χ1) is 12.0. The number of phenolic OH excluding ortho intramolecular Hbond substituents is 1. The molecule has 0 radical (unpaired) electrons. The number of aromatic nitrogens is 1. The van der Waals surface area contributed by atoms with Crippen LogP contribution in [0.25, 0.3) is 0 Å². The monoisotopic (exact) mass is 343 g/mol. The van der Waals surface area contributed by atoms with E-state index >= 15 is 0 Å². The van der Waals surface area contributed by atoms with Crippen LogP contribution in [-0.4, -0.2) is 40.6 Å². The number of benzene rings is 1. The van der Waals surface area contributed by atoms with Crippen LogP contribution in [0.4, 0.5) is 5.69 Å². The van der Waals surface area contributed by atoms with Crippen LogP contribution >= 0.6 is 0 Å². The molecule has 1 saturated heterocycles. The summed E-state index contributed by atoms with van der Waals surface area (Å²) in [5, 5.41) is 13.5. The molecular weight excluding hydrogens is 322 g/mol.